The number of nitrogens with two attached hydrogens (primary N) is 1. The van der Waals surface area contributed by atoms with Crippen LogP contribution in [0, 0.1) is 5.82 Å². The lowest BCUT2D eigenvalue weighted by molar-refractivity contribution is -0.177. The van der Waals surface area contributed by atoms with E-state index in [1.165, 1.54) is 12.1 Å². The van der Waals surface area contributed by atoms with Gasteiger partial charge in [-0.05, 0) is 38.0 Å². The zero-order valence-corrected chi connectivity index (χ0v) is 11.9. The molecule has 0 saturated carbocycles. The molecular formula is C15H21FN2O2. The Hall–Kier alpha value is -1.46. The van der Waals surface area contributed by atoms with Gasteiger partial charge >= 0.3 is 0 Å². The second-order valence-corrected chi connectivity index (χ2v) is 5.61. The van der Waals surface area contributed by atoms with E-state index < -0.39 is 5.60 Å². The Morgan fingerprint density at radius 2 is 2.05 bits per heavy atom. The highest BCUT2D eigenvalue weighted by Crippen LogP contribution is 2.22. The van der Waals surface area contributed by atoms with Crippen LogP contribution in [0.15, 0.2) is 24.3 Å². The Balaban J connectivity index is 2.00. The van der Waals surface area contributed by atoms with E-state index in [0.29, 0.717) is 26.1 Å². The number of ether oxygens (including phenoxy) is 1. The first-order valence-corrected chi connectivity index (χ1v) is 6.84. The van der Waals surface area contributed by atoms with E-state index in [2.05, 4.69) is 0 Å². The molecule has 1 aromatic rings. The normalized spacial score (nSPS) is 22.1. The quantitative estimate of drug-likeness (QED) is 0.905. The van der Waals surface area contributed by atoms with Crippen LogP contribution in [0.4, 0.5) is 4.39 Å². The molecule has 5 heteroatoms. The van der Waals surface area contributed by atoms with Crippen LogP contribution in [0.1, 0.15) is 19.4 Å². The zero-order valence-electron chi connectivity index (χ0n) is 11.9. The van der Waals surface area contributed by atoms with Crippen LogP contribution < -0.4 is 5.73 Å². The van der Waals surface area contributed by atoms with Gasteiger partial charge in [-0.25, -0.2) is 4.39 Å². The molecule has 1 atom stereocenters. The monoisotopic (exact) mass is 280 g/mol. The summed E-state index contributed by atoms with van der Waals surface area (Å²) in [5.41, 5.74) is 5.83. The fourth-order valence-electron chi connectivity index (χ4n) is 2.44. The lowest BCUT2D eigenvalue weighted by Crippen LogP contribution is -2.59. The first-order valence-electron chi connectivity index (χ1n) is 6.84. The SMILES string of the molecule is CC1(C)OC(CN)CN(CCc2ccc(F)cc2)C1=O. The van der Waals surface area contributed by atoms with Crippen LogP contribution in [0.5, 0.6) is 0 Å². The van der Waals surface area contributed by atoms with Crippen LogP contribution >= 0.6 is 0 Å². The van der Waals surface area contributed by atoms with Crippen molar-refractivity contribution in [3.05, 3.63) is 35.6 Å². The Kier molecular flexibility index (Phi) is 4.40. The van der Waals surface area contributed by atoms with Crippen molar-refractivity contribution in [1.82, 2.24) is 4.90 Å². The Morgan fingerprint density at radius 1 is 1.40 bits per heavy atom. The molecule has 1 fully saturated rings. The minimum atomic E-state index is -0.828. The van der Waals surface area contributed by atoms with Crippen molar-refractivity contribution in [3.8, 4) is 0 Å². The zero-order chi connectivity index (χ0) is 14.8. The van der Waals surface area contributed by atoms with Crippen molar-refractivity contribution < 1.29 is 13.9 Å². The van der Waals surface area contributed by atoms with Gasteiger partial charge in [0.25, 0.3) is 5.91 Å². The summed E-state index contributed by atoms with van der Waals surface area (Å²) < 4.78 is 18.5. The van der Waals surface area contributed by atoms with E-state index in [9.17, 15) is 9.18 Å². The summed E-state index contributed by atoms with van der Waals surface area (Å²) in [5.74, 6) is -0.273. The minimum absolute atomic E-state index is 0.0238. The minimum Gasteiger partial charge on any atom is -0.359 e. The molecule has 2 N–H and O–H groups in total. The summed E-state index contributed by atoms with van der Waals surface area (Å²) in [6.45, 7) is 5.03. The number of halogens is 1. The molecule has 0 radical (unpaired) electrons. The standard InChI is InChI=1S/C15H21FN2O2/c1-15(2)14(19)18(10-13(9-17)20-15)8-7-11-3-5-12(16)6-4-11/h3-6,13H,7-10,17H2,1-2H3. The summed E-state index contributed by atoms with van der Waals surface area (Å²) in [6.07, 6.45) is 0.565. The molecule has 1 unspecified atom stereocenters. The maximum Gasteiger partial charge on any atom is 0.254 e. The molecule has 110 valence electrons. The first kappa shape index (κ1) is 14.9. The summed E-state index contributed by atoms with van der Waals surface area (Å²) >= 11 is 0. The number of hydrogen-bond acceptors (Lipinski definition) is 3. The van der Waals surface area contributed by atoms with Crippen molar-refractivity contribution in [3.63, 3.8) is 0 Å². The summed E-state index contributed by atoms with van der Waals surface area (Å²) in [6, 6.07) is 6.35. The molecular weight excluding hydrogens is 259 g/mol. The number of carbonyl (C=O) groups is 1. The number of morpholine rings is 1. The molecule has 1 heterocycles. The van der Waals surface area contributed by atoms with E-state index in [0.717, 1.165) is 5.56 Å². The van der Waals surface area contributed by atoms with Crippen molar-refractivity contribution in [2.75, 3.05) is 19.6 Å². The average molecular weight is 280 g/mol. The van der Waals surface area contributed by atoms with Gasteiger partial charge in [0.2, 0.25) is 0 Å². The second-order valence-electron chi connectivity index (χ2n) is 5.61. The molecule has 1 amide bonds. The number of carbonyl (C=O) groups excluding carboxylic acids is 1. The molecule has 2 rings (SSSR count). The maximum absolute atomic E-state index is 12.8. The maximum atomic E-state index is 12.8. The second kappa shape index (κ2) is 5.89. The first-order chi connectivity index (χ1) is 9.42. The predicted octanol–water partition coefficient (Wildman–Crippen LogP) is 1.33. The highest BCUT2D eigenvalue weighted by Gasteiger charge is 2.40. The van der Waals surface area contributed by atoms with Gasteiger partial charge in [0, 0.05) is 19.6 Å². The number of rotatable bonds is 4. The topological polar surface area (TPSA) is 55.6 Å². The van der Waals surface area contributed by atoms with Crippen molar-refractivity contribution >= 4 is 5.91 Å². The highest BCUT2D eigenvalue weighted by atomic mass is 19.1. The molecule has 1 saturated heterocycles. The van der Waals surface area contributed by atoms with E-state index in [4.69, 9.17) is 10.5 Å². The Morgan fingerprint density at radius 3 is 2.65 bits per heavy atom. The van der Waals surface area contributed by atoms with Gasteiger partial charge in [-0.1, -0.05) is 12.1 Å². The molecule has 4 nitrogen and oxygen atoms in total. The lowest BCUT2D eigenvalue weighted by atomic mass is 10.0. The fourth-order valence-corrected chi connectivity index (χ4v) is 2.44. The predicted molar refractivity (Wildman–Crippen MR) is 74.7 cm³/mol. The van der Waals surface area contributed by atoms with E-state index in [1.54, 1.807) is 30.9 Å². The molecule has 1 aromatic carbocycles. The van der Waals surface area contributed by atoms with Gasteiger partial charge < -0.3 is 15.4 Å². The molecule has 1 aliphatic rings. The number of hydrogen-bond donors (Lipinski definition) is 1. The third kappa shape index (κ3) is 3.35. The van der Waals surface area contributed by atoms with Gasteiger partial charge in [-0.3, -0.25) is 4.79 Å². The van der Waals surface area contributed by atoms with Gasteiger partial charge in [-0.2, -0.15) is 0 Å². The molecule has 0 spiro atoms. The Bertz CT molecular complexity index is 473. The van der Waals surface area contributed by atoms with Crippen LogP contribution in [0.25, 0.3) is 0 Å². The van der Waals surface area contributed by atoms with E-state index in [-0.39, 0.29) is 17.8 Å². The van der Waals surface area contributed by atoms with Crippen molar-refractivity contribution in [2.45, 2.75) is 32.0 Å². The summed E-state index contributed by atoms with van der Waals surface area (Å²) in [5, 5.41) is 0. The summed E-state index contributed by atoms with van der Waals surface area (Å²) in [7, 11) is 0. The molecule has 1 aliphatic heterocycles. The van der Waals surface area contributed by atoms with Gasteiger partial charge in [0.05, 0.1) is 6.10 Å². The molecule has 20 heavy (non-hydrogen) atoms. The van der Waals surface area contributed by atoms with Crippen LogP contribution in [0.2, 0.25) is 0 Å². The van der Waals surface area contributed by atoms with E-state index in [1.807, 2.05) is 0 Å². The molecule has 0 bridgehead atoms. The Labute approximate surface area is 118 Å². The van der Waals surface area contributed by atoms with Crippen LogP contribution in [-0.4, -0.2) is 42.1 Å². The van der Waals surface area contributed by atoms with Crippen LogP contribution in [0.3, 0.4) is 0 Å². The third-order valence-electron chi connectivity index (χ3n) is 3.53. The largest absolute Gasteiger partial charge is 0.359 e. The number of amides is 1. The van der Waals surface area contributed by atoms with Crippen LogP contribution in [-0.2, 0) is 16.0 Å². The van der Waals surface area contributed by atoms with Crippen molar-refractivity contribution in [2.24, 2.45) is 5.73 Å². The molecule has 0 aromatic heterocycles. The highest BCUT2D eigenvalue weighted by molar-refractivity contribution is 5.85. The van der Waals surface area contributed by atoms with Gasteiger partial charge in [0.15, 0.2) is 0 Å². The number of benzene rings is 1. The van der Waals surface area contributed by atoms with E-state index >= 15 is 0 Å². The third-order valence-corrected chi connectivity index (χ3v) is 3.53. The number of nitrogens with zero attached hydrogens (tertiary/aromatic N) is 1. The van der Waals surface area contributed by atoms with Crippen molar-refractivity contribution in [1.29, 1.82) is 0 Å². The van der Waals surface area contributed by atoms with Gasteiger partial charge in [0.1, 0.15) is 11.4 Å². The lowest BCUT2D eigenvalue weighted by Gasteiger charge is -2.41. The van der Waals surface area contributed by atoms with Gasteiger partial charge in [-0.15, -0.1) is 0 Å². The average Bonchev–Trinajstić information content (AvgIpc) is 2.42. The smallest absolute Gasteiger partial charge is 0.254 e. The summed E-state index contributed by atoms with van der Waals surface area (Å²) in [4.78, 5) is 14.1. The fraction of sp³-hybridized carbons (Fsp3) is 0.533. The molecule has 0 aliphatic carbocycles.